The van der Waals surface area contributed by atoms with Gasteiger partial charge in [-0.15, -0.1) is 21.8 Å². The lowest BCUT2D eigenvalue weighted by atomic mass is 10.2. The molecule has 0 saturated carbocycles. The zero-order valence-corrected chi connectivity index (χ0v) is 9.35. The van der Waals surface area contributed by atoms with Crippen molar-refractivity contribution in [2.75, 3.05) is 5.88 Å². The van der Waals surface area contributed by atoms with E-state index in [1.165, 1.54) is 12.1 Å². The number of ether oxygens (including phenoxy) is 1. The van der Waals surface area contributed by atoms with Crippen molar-refractivity contribution in [3.8, 4) is 5.88 Å². The molecule has 0 spiro atoms. The number of alkyl halides is 1. The summed E-state index contributed by atoms with van der Waals surface area (Å²) in [7, 11) is 0. The Morgan fingerprint density at radius 2 is 2.31 bits per heavy atom. The Bertz CT molecular complexity index is 344. The van der Waals surface area contributed by atoms with Crippen molar-refractivity contribution in [2.24, 2.45) is 5.92 Å². The topological polar surface area (TPSA) is 81.5 Å². The lowest BCUT2D eigenvalue weighted by Gasteiger charge is -2.06. The smallest absolute Gasteiger partial charge is 0.316 e. The van der Waals surface area contributed by atoms with Crippen molar-refractivity contribution >= 4 is 17.6 Å². The summed E-state index contributed by atoms with van der Waals surface area (Å²) in [6.45, 7) is 1.58. The maximum Gasteiger partial charge on any atom is 0.316 e. The second-order valence-corrected chi connectivity index (χ2v) is 3.42. The first-order valence-electron chi connectivity index (χ1n) is 4.54. The zero-order chi connectivity index (χ0) is 12.0. The van der Waals surface area contributed by atoms with Gasteiger partial charge in [0, 0.05) is 11.9 Å². The highest BCUT2D eigenvalue weighted by Gasteiger charge is 2.14. The van der Waals surface area contributed by atoms with E-state index in [0.717, 1.165) is 0 Å². The van der Waals surface area contributed by atoms with Gasteiger partial charge in [-0.05, 0) is 6.07 Å². The van der Waals surface area contributed by atoms with E-state index in [0.29, 0.717) is 5.69 Å². The van der Waals surface area contributed by atoms with Crippen LogP contribution in [0.4, 0.5) is 0 Å². The first-order valence-corrected chi connectivity index (χ1v) is 5.07. The largest absolute Gasteiger partial charge is 0.406 e. The molecule has 1 aromatic heterocycles. The molecule has 0 bridgehead atoms. The summed E-state index contributed by atoms with van der Waals surface area (Å²) < 4.78 is 4.90. The fourth-order valence-corrected chi connectivity index (χ4v) is 0.938. The van der Waals surface area contributed by atoms with Gasteiger partial charge in [-0.25, -0.2) is 4.89 Å². The minimum atomic E-state index is -0.463. The third kappa shape index (κ3) is 3.73. The molecule has 0 fully saturated rings. The van der Waals surface area contributed by atoms with Crippen molar-refractivity contribution in [3.05, 3.63) is 17.8 Å². The predicted molar refractivity (Wildman–Crippen MR) is 55.0 cm³/mol. The highest BCUT2D eigenvalue weighted by Crippen LogP contribution is 2.09. The van der Waals surface area contributed by atoms with Crippen LogP contribution >= 0.6 is 11.6 Å². The number of halogens is 1. The van der Waals surface area contributed by atoms with Crippen molar-refractivity contribution in [2.45, 2.75) is 13.5 Å². The number of nitrogens with zero attached hydrogens (tertiary/aromatic N) is 2. The Morgan fingerprint density at radius 1 is 1.56 bits per heavy atom. The summed E-state index contributed by atoms with van der Waals surface area (Å²) in [5, 5.41) is 15.5. The van der Waals surface area contributed by atoms with Crippen LogP contribution < -0.4 is 4.74 Å². The minimum absolute atomic E-state index is 0.0701. The predicted octanol–water partition coefficient (Wildman–Crippen LogP) is 1.25. The van der Waals surface area contributed by atoms with Crippen LogP contribution in [0.25, 0.3) is 0 Å². The first-order chi connectivity index (χ1) is 7.67. The molecule has 1 heterocycles. The summed E-state index contributed by atoms with van der Waals surface area (Å²) in [6.07, 6.45) is 0. The van der Waals surface area contributed by atoms with E-state index in [9.17, 15) is 4.79 Å². The van der Waals surface area contributed by atoms with Crippen LogP contribution in [0.1, 0.15) is 12.6 Å². The van der Waals surface area contributed by atoms with E-state index in [-0.39, 0.29) is 18.4 Å². The van der Waals surface area contributed by atoms with Gasteiger partial charge in [-0.3, -0.25) is 10.1 Å². The van der Waals surface area contributed by atoms with Gasteiger partial charge in [0.05, 0.1) is 11.6 Å². The van der Waals surface area contributed by atoms with Crippen molar-refractivity contribution in [1.82, 2.24) is 10.2 Å². The van der Waals surface area contributed by atoms with Gasteiger partial charge in [0.15, 0.2) is 0 Å². The SMILES string of the molecule is CC(CCl)C(=O)Oc1ccc(COO)nn1. The molecule has 7 heteroatoms. The van der Waals surface area contributed by atoms with Gasteiger partial charge in [-0.1, -0.05) is 6.92 Å². The molecule has 1 aromatic rings. The lowest BCUT2D eigenvalue weighted by Crippen LogP contribution is -2.19. The molecular weight excluding hydrogens is 236 g/mol. The highest BCUT2D eigenvalue weighted by molar-refractivity contribution is 6.19. The van der Waals surface area contributed by atoms with E-state index >= 15 is 0 Å². The third-order valence-corrected chi connectivity index (χ3v) is 2.21. The number of aromatic nitrogens is 2. The second kappa shape index (κ2) is 6.37. The number of esters is 1. The molecule has 16 heavy (non-hydrogen) atoms. The summed E-state index contributed by atoms with van der Waals surface area (Å²) >= 11 is 5.50. The normalized spacial score (nSPS) is 12.2. The molecular formula is C9H11ClN2O4. The van der Waals surface area contributed by atoms with Crippen LogP contribution in [-0.4, -0.2) is 27.3 Å². The Morgan fingerprint density at radius 3 is 2.81 bits per heavy atom. The summed E-state index contributed by atoms with van der Waals surface area (Å²) in [5.41, 5.74) is 0.424. The van der Waals surface area contributed by atoms with E-state index in [1.807, 2.05) is 0 Å². The standard InChI is InChI=1S/C9H11ClN2O4/c1-6(4-10)9(13)16-8-3-2-7(5-15-14)11-12-8/h2-3,6,14H,4-5H2,1H3. The highest BCUT2D eigenvalue weighted by atomic mass is 35.5. The van der Waals surface area contributed by atoms with Gasteiger partial charge in [-0.2, -0.15) is 0 Å². The van der Waals surface area contributed by atoms with Crippen molar-refractivity contribution in [1.29, 1.82) is 0 Å². The third-order valence-electron chi connectivity index (χ3n) is 1.75. The van der Waals surface area contributed by atoms with E-state index < -0.39 is 11.9 Å². The molecule has 0 aromatic carbocycles. The summed E-state index contributed by atoms with van der Waals surface area (Å²) in [5.74, 6) is -0.592. The molecule has 6 nitrogen and oxygen atoms in total. The van der Waals surface area contributed by atoms with Gasteiger partial charge >= 0.3 is 5.97 Å². The molecule has 0 aliphatic rings. The number of rotatable bonds is 5. The Labute approximate surface area is 97.1 Å². The van der Waals surface area contributed by atoms with Gasteiger partial charge in [0.1, 0.15) is 6.61 Å². The molecule has 0 saturated heterocycles. The molecule has 0 aliphatic heterocycles. The number of hydrogen-bond acceptors (Lipinski definition) is 6. The average Bonchev–Trinajstić information content (AvgIpc) is 2.31. The van der Waals surface area contributed by atoms with Crippen LogP contribution in [0.3, 0.4) is 0 Å². The molecule has 88 valence electrons. The second-order valence-electron chi connectivity index (χ2n) is 3.11. The van der Waals surface area contributed by atoms with Crippen LogP contribution in [0.2, 0.25) is 0 Å². The fourth-order valence-electron chi connectivity index (χ4n) is 0.812. The Balaban J connectivity index is 2.58. The summed E-state index contributed by atoms with van der Waals surface area (Å²) in [6, 6.07) is 2.98. The van der Waals surface area contributed by atoms with E-state index in [1.54, 1.807) is 6.92 Å². The van der Waals surface area contributed by atoms with Gasteiger partial charge < -0.3 is 4.74 Å². The van der Waals surface area contributed by atoms with Crippen LogP contribution in [0.15, 0.2) is 12.1 Å². The average molecular weight is 247 g/mol. The van der Waals surface area contributed by atoms with Crippen LogP contribution in [0.5, 0.6) is 5.88 Å². The number of hydrogen-bond donors (Lipinski definition) is 1. The fraction of sp³-hybridized carbons (Fsp3) is 0.444. The van der Waals surface area contributed by atoms with Crippen LogP contribution in [-0.2, 0) is 16.3 Å². The van der Waals surface area contributed by atoms with E-state index in [4.69, 9.17) is 21.6 Å². The molecule has 0 radical (unpaired) electrons. The maximum atomic E-state index is 11.3. The van der Waals surface area contributed by atoms with Gasteiger partial charge in [0.25, 0.3) is 0 Å². The minimum Gasteiger partial charge on any atom is -0.406 e. The zero-order valence-electron chi connectivity index (χ0n) is 8.59. The van der Waals surface area contributed by atoms with Gasteiger partial charge in [0.2, 0.25) is 5.88 Å². The Kier molecular flexibility index (Phi) is 5.10. The monoisotopic (exact) mass is 246 g/mol. The molecule has 1 atom stereocenters. The van der Waals surface area contributed by atoms with Crippen molar-refractivity contribution in [3.63, 3.8) is 0 Å². The maximum absolute atomic E-state index is 11.3. The first kappa shape index (κ1) is 12.8. The van der Waals surface area contributed by atoms with E-state index in [2.05, 4.69) is 15.1 Å². The quantitative estimate of drug-likeness (QED) is 0.364. The summed E-state index contributed by atoms with van der Waals surface area (Å²) in [4.78, 5) is 15.2. The lowest BCUT2D eigenvalue weighted by molar-refractivity contribution is -0.253. The van der Waals surface area contributed by atoms with Crippen molar-refractivity contribution < 1.29 is 19.7 Å². The number of carbonyl (C=O) groups excluding carboxylic acids is 1. The molecule has 0 aliphatic carbocycles. The Hall–Kier alpha value is -1.24. The van der Waals surface area contributed by atoms with Crippen LogP contribution in [0, 0.1) is 5.92 Å². The molecule has 1 rings (SSSR count). The molecule has 1 unspecified atom stereocenters. The number of carbonyl (C=O) groups is 1. The molecule has 0 amide bonds. The molecule has 1 N–H and O–H groups in total.